The molecule has 0 aliphatic rings. The van der Waals surface area contributed by atoms with Crippen LogP contribution >= 0.6 is 0 Å². The second-order valence-electron chi connectivity index (χ2n) is 5.75. The number of methoxy groups -OCH3 is 3. The molecule has 136 valence electrons. The van der Waals surface area contributed by atoms with Crippen molar-refractivity contribution < 1.29 is 14.2 Å². The molecule has 0 spiro atoms. The van der Waals surface area contributed by atoms with Crippen molar-refractivity contribution in [2.45, 2.75) is 6.42 Å². The van der Waals surface area contributed by atoms with E-state index in [1.165, 1.54) is 0 Å². The van der Waals surface area contributed by atoms with Crippen molar-refractivity contribution in [2.24, 2.45) is 0 Å². The third-order valence-electron chi connectivity index (χ3n) is 4.13. The van der Waals surface area contributed by atoms with E-state index in [9.17, 15) is 5.26 Å². The number of rotatable bonds is 6. The largest absolute Gasteiger partial charge is 0.495 e. The van der Waals surface area contributed by atoms with Crippen molar-refractivity contribution in [3.05, 3.63) is 65.6 Å². The zero-order valence-corrected chi connectivity index (χ0v) is 15.4. The number of nitrogens with zero attached hydrogens (tertiary/aromatic N) is 3. The number of benzene rings is 2. The Morgan fingerprint density at radius 3 is 2.33 bits per heavy atom. The van der Waals surface area contributed by atoms with Crippen LogP contribution in [-0.4, -0.2) is 31.3 Å². The van der Waals surface area contributed by atoms with Gasteiger partial charge in [-0.3, -0.25) is 0 Å². The lowest BCUT2D eigenvalue weighted by atomic mass is 10.1. The molecule has 1 heterocycles. The summed E-state index contributed by atoms with van der Waals surface area (Å²) in [5.74, 6) is 2.56. The van der Waals surface area contributed by atoms with Crippen LogP contribution in [0.4, 0.5) is 0 Å². The molecule has 3 aromatic rings. The SMILES string of the molecule is COc1ccc(-c2ccnc(Cc3ccc(OC)c(OC)c3)n2)cc1C#N. The van der Waals surface area contributed by atoms with Gasteiger partial charge in [0.15, 0.2) is 11.5 Å². The molecule has 0 bridgehead atoms. The molecule has 0 aliphatic heterocycles. The molecule has 0 amide bonds. The molecule has 2 aromatic carbocycles. The Labute approximate surface area is 158 Å². The van der Waals surface area contributed by atoms with E-state index in [4.69, 9.17) is 14.2 Å². The molecule has 0 unspecified atom stereocenters. The van der Waals surface area contributed by atoms with Crippen LogP contribution in [0.3, 0.4) is 0 Å². The first-order valence-electron chi connectivity index (χ1n) is 8.29. The lowest BCUT2D eigenvalue weighted by Crippen LogP contribution is -1.99. The highest BCUT2D eigenvalue weighted by Crippen LogP contribution is 2.29. The topological polar surface area (TPSA) is 77.3 Å². The van der Waals surface area contributed by atoms with Crippen molar-refractivity contribution in [3.8, 4) is 34.6 Å². The summed E-state index contributed by atoms with van der Waals surface area (Å²) in [5, 5.41) is 9.28. The molecule has 0 saturated heterocycles. The van der Waals surface area contributed by atoms with Gasteiger partial charge in [0.05, 0.1) is 32.6 Å². The number of aromatic nitrogens is 2. The Balaban J connectivity index is 1.89. The van der Waals surface area contributed by atoms with Gasteiger partial charge in [-0.1, -0.05) is 6.07 Å². The second kappa shape index (κ2) is 8.19. The van der Waals surface area contributed by atoms with E-state index in [0.29, 0.717) is 35.1 Å². The van der Waals surface area contributed by atoms with E-state index >= 15 is 0 Å². The van der Waals surface area contributed by atoms with E-state index in [-0.39, 0.29) is 0 Å². The smallest absolute Gasteiger partial charge is 0.161 e. The average molecular weight is 361 g/mol. The molecule has 3 rings (SSSR count). The molecule has 0 atom stereocenters. The molecule has 27 heavy (non-hydrogen) atoms. The van der Waals surface area contributed by atoms with Crippen LogP contribution in [0.1, 0.15) is 17.0 Å². The second-order valence-corrected chi connectivity index (χ2v) is 5.75. The number of hydrogen-bond donors (Lipinski definition) is 0. The van der Waals surface area contributed by atoms with Crippen LogP contribution in [0.15, 0.2) is 48.7 Å². The highest BCUT2D eigenvalue weighted by Gasteiger charge is 2.10. The van der Waals surface area contributed by atoms with Crippen LogP contribution in [0.5, 0.6) is 17.2 Å². The third kappa shape index (κ3) is 3.98. The van der Waals surface area contributed by atoms with Crippen molar-refractivity contribution >= 4 is 0 Å². The maximum atomic E-state index is 9.28. The van der Waals surface area contributed by atoms with Gasteiger partial charge in [-0.15, -0.1) is 0 Å². The van der Waals surface area contributed by atoms with Crippen LogP contribution in [0, 0.1) is 11.3 Å². The Morgan fingerprint density at radius 2 is 1.63 bits per heavy atom. The van der Waals surface area contributed by atoms with Crippen molar-refractivity contribution in [2.75, 3.05) is 21.3 Å². The van der Waals surface area contributed by atoms with E-state index in [0.717, 1.165) is 16.8 Å². The average Bonchev–Trinajstić information content (AvgIpc) is 2.73. The first-order chi connectivity index (χ1) is 13.2. The molecule has 1 aromatic heterocycles. The summed E-state index contributed by atoms with van der Waals surface area (Å²) in [6.45, 7) is 0. The first-order valence-corrected chi connectivity index (χ1v) is 8.29. The Bertz CT molecular complexity index is 996. The summed E-state index contributed by atoms with van der Waals surface area (Å²) in [5.41, 5.74) is 3.07. The maximum absolute atomic E-state index is 9.28. The summed E-state index contributed by atoms with van der Waals surface area (Å²) in [7, 11) is 4.76. The lowest BCUT2D eigenvalue weighted by Gasteiger charge is -2.10. The van der Waals surface area contributed by atoms with Gasteiger partial charge in [-0.25, -0.2) is 9.97 Å². The van der Waals surface area contributed by atoms with Gasteiger partial charge in [0.1, 0.15) is 17.6 Å². The molecule has 0 radical (unpaired) electrons. The van der Waals surface area contributed by atoms with Gasteiger partial charge in [0.25, 0.3) is 0 Å². The Kier molecular flexibility index (Phi) is 5.53. The van der Waals surface area contributed by atoms with Crippen LogP contribution in [0.2, 0.25) is 0 Å². The summed E-state index contributed by atoms with van der Waals surface area (Å²) >= 11 is 0. The Hall–Kier alpha value is -3.59. The fraction of sp³-hybridized carbons (Fsp3) is 0.190. The van der Waals surface area contributed by atoms with Crippen LogP contribution < -0.4 is 14.2 Å². The number of hydrogen-bond acceptors (Lipinski definition) is 6. The minimum absolute atomic E-state index is 0.468. The van der Waals surface area contributed by atoms with Crippen LogP contribution in [-0.2, 0) is 6.42 Å². The van der Waals surface area contributed by atoms with Crippen molar-refractivity contribution in [1.29, 1.82) is 5.26 Å². The van der Waals surface area contributed by atoms with E-state index in [2.05, 4.69) is 16.0 Å². The van der Waals surface area contributed by atoms with E-state index < -0.39 is 0 Å². The zero-order chi connectivity index (χ0) is 19.2. The van der Waals surface area contributed by atoms with Crippen LogP contribution in [0.25, 0.3) is 11.3 Å². The summed E-state index contributed by atoms with van der Waals surface area (Å²) in [6.07, 6.45) is 2.27. The van der Waals surface area contributed by atoms with Gasteiger partial charge < -0.3 is 14.2 Å². The summed E-state index contributed by atoms with van der Waals surface area (Å²) in [4.78, 5) is 9.00. The molecule has 0 N–H and O–H groups in total. The van der Waals surface area contributed by atoms with Crippen molar-refractivity contribution in [1.82, 2.24) is 9.97 Å². The molecule has 6 heteroatoms. The predicted octanol–water partition coefficient (Wildman–Crippen LogP) is 3.63. The van der Waals surface area contributed by atoms with Gasteiger partial charge in [-0.2, -0.15) is 5.26 Å². The normalized spacial score (nSPS) is 10.1. The molecular formula is C21H19N3O3. The minimum Gasteiger partial charge on any atom is -0.495 e. The lowest BCUT2D eigenvalue weighted by molar-refractivity contribution is 0.354. The molecule has 6 nitrogen and oxygen atoms in total. The Morgan fingerprint density at radius 1 is 0.889 bits per heavy atom. The van der Waals surface area contributed by atoms with Crippen molar-refractivity contribution in [3.63, 3.8) is 0 Å². The monoisotopic (exact) mass is 361 g/mol. The van der Waals surface area contributed by atoms with E-state index in [1.54, 1.807) is 39.7 Å². The highest BCUT2D eigenvalue weighted by atomic mass is 16.5. The fourth-order valence-corrected chi connectivity index (χ4v) is 2.77. The minimum atomic E-state index is 0.468. The van der Waals surface area contributed by atoms with Gasteiger partial charge in [0, 0.05) is 18.2 Å². The predicted molar refractivity (Wildman–Crippen MR) is 101 cm³/mol. The third-order valence-corrected chi connectivity index (χ3v) is 4.13. The van der Waals surface area contributed by atoms with Gasteiger partial charge >= 0.3 is 0 Å². The van der Waals surface area contributed by atoms with E-state index in [1.807, 2.05) is 30.3 Å². The standard InChI is InChI=1S/C21H19N3O3/c1-25-18-7-5-15(12-16(18)13-22)17-8-9-23-21(24-17)11-14-4-6-19(26-2)20(10-14)27-3/h4-10,12H,11H2,1-3H3. The molecule has 0 aliphatic carbocycles. The molecule has 0 saturated carbocycles. The zero-order valence-electron chi connectivity index (χ0n) is 15.4. The molecular weight excluding hydrogens is 342 g/mol. The number of ether oxygens (including phenoxy) is 3. The fourth-order valence-electron chi connectivity index (χ4n) is 2.77. The number of nitriles is 1. The maximum Gasteiger partial charge on any atom is 0.161 e. The summed E-state index contributed by atoms with van der Waals surface area (Å²) in [6, 6.07) is 15.1. The first kappa shape index (κ1) is 18.2. The van der Waals surface area contributed by atoms with Gasteiger partial charge in [0.2, 0.25) is 0 Å². The summed E-state index contributed by atoms with van der Waals surface area (Å²) < 4.78 is 15.8. The highest BCUT2D eigenvalue weighted by molar-refractivity contribution is 5.64. The quantitative estimate of drug-likeness (QED) is 0.667. The molecule has 0 fully saturated rings. The van der Waals surface area contributed by atoms with Gasteiger partial charge in [-0.05, 0) is 42.0 Å².